The minimum absolute atomic E-state index is 0.664. The van der Waals surface area contributed by atoms with Crippen LogP contribution in [0.15, 0.2) is 22.7 Å². The van der Waals surface area contributed by atoms with E-state index in [2.05, 4.69) is 61.6 Å². The molecule has 2 aliphatic rings. The smallest absolute Gasteiger partial charge is 0.0603 e. The Morgan fingerprint density at radius 3 is 3.05 bits per heavy atom. The second-order valence-corrected chi connectivity index (χ2v) is 6.62. The maximum absolute atomic E-state index is 3.55. The number of fused-ring (bicyclic) bond motifs is 1. The first-order valence-corrected chi connectivity index (χ1v) is 8.22. The molecule has 0 spiro atoms. The molecular formula is C15H23BrN4. The van der Waals surface area contributed by atoms with Crippen molar-refractivity contribution in [2.75, 3.05) is 56.5 Å². The van der Waals surface area contributed by atoms with Crippen LogP contribution in [0.4, 0.5) is 11.4 Å². The lowest BCUT2D eigenvalue weighted by atomic mass is 10.1. The first kappa shape index (κ1) is 14.2. The third kappa shape index (κ3) is 3.10. The zero-order chi connectivity index (χ0) is 13.9. The molecule has 0 bridgehead atoms. The lowest BCUT2D eigenvalue weighted by Gasteiger charge is -2.37. The van der Waals surface area contributed by atoms with Crippen molar-refractivity contribution in [1.29, 1.82) is 0 Å². The number of nitrogens with one attached hydrogen (secondary N) is 2. The van der Waals surface area contributed by atoms with Crippen LogP contribution in [0.1, 0.15) is 6.42 Å². The van der Waals surface area contributed by atoms with Crippen LogP contribution in [0.3, 0.4) is 0 Å². The van der Waals surface area contributed by atoms with Crippen LogP contribution in [0.5, 0.6) is 0 Å². The highest BCUT2D eigenvalue weighted by Gasteiger charge is 2.21. The van der Waals surface area contributed by atoms with Gasteiger partial charge in [0.25, 0.3) is 0 Å². The summed E-state index contributed by atoms with van der Waals surface area (Å²) < 4.78 is 1.14. The quantitative estimate of drug-likeness (QED) is 0.882. The molecule has 1 aromatic carbocycles. The van der Waals surface area contributed by atoms with E-state index in [0.29, 0.717) is 6.04 Å². The minimum Gasteiger partial charge on any atom is -0.382 e. The van der Waals surface area contributed by atoms with Crippen LogP contribution in [-0.4, -0.2) is 57.3 Å². The van der Waals surface area contributed by atoms with Crippen LogP contribution < -0.4 is 15.5 Å². The van der Waals surface area contributed by atoms with Gasteiger partial charge in [0.1, 0.15) is 0 Å². The van der Waals surface area contributed by atoms with Gasteiger partial charge in [0.05, 0.1) is 11.4 Å². The minimum atomic E-state index is 0.664. The Morgan fingerprint density at radius 2 is 2.20 bits per heavy atom. The number of benzene rings is 1. The van der Waals surface area contributed by atoms with E-state index in [0.717, 1.165) is 43.7 Å². The molecule has 2 N–H and O–H groups in total. The second-order valence-electron chi connectivity index (χ2n) is 5.70. The number of rotatable bonds is 3. The average molecular weight is 339 g/mol. The number of hydrogen-bond donors (Lipinski definition) is 2. The van der Waals surface area contributed by atoms with Gasteiger partial charge in [0, 0.05) is 49.8 Å². The lowest BCUT2D eigenvalue weighted by molar-refractivity contribution is 0.192. The highest BCUT2D eigenvalue weighted by Crippen LogP contribution is 2.31. The summed E-state index contributed by atoms with van der Waals surface area (Å²) in [6.45, 7) is 6.66. The van der Waals surface area contributed by atoms with E-state index in [9.17, 15) is 0 Å². The van der Waals surface area contributed by atoms with Crippen molar-refractivity contribution in [1.82, 2.24) is 10.2 Å². The molecule has 1 unspecified atom stereocenters. The van der Waals surface area contributed by atoms with E-state index < -0.39 is 0 Å². The zero-order valence-electron chi connectivity index (χ0n) is 12.0. The largest absolute Gasteiger partial charge is 0.382 e. The van der Waals surface area contributed by atoms with Gasteiger partial charge in [0.15, 0.2) is 0 Å². The van der Waals surface area contributed by atoms with Crippen LogP contribution in [0.25, 0.3) is 0 Å². The van der Waals surface area contributed by atoms with Crippen molar-refractivity contribution in [3.8, 4) is 0 Å². The van der Waals surface area contributed by atoms with Gasteiger partial charge in [-0.25, -0.2) is 0 Å². The summed E-state index contributed by atoms with van der Waals surface area (Å²) in [7, 11) is 2.24. The van der Waals surface area contributed by atoms with Gasteiger partial charge in [0.2, 0.25) is 0 Å². The normalized spacial score (nSPS) is 23.3. The van der Waals surface area contributed by atoms with Crippen molar-refractivity contribution in [2.45, 2.75) is 12.5 Å². The molecule has 3 rings (SSSR count). The number of likely N-dealkylation sites (N-methyl/N-ethyl adjacent to an activating group) is 1. The van der Waals surface area contributed by atoms with E-state index in [1.54, 1.807) is 0 Å². The molecule has 0 radical (unpaired) electrons. The number of nitrogens with zero attached hydrogens (tertiary/aromatic N) is 2. The summed E-state index contributed by atoms with van der Waals surface area (Å²) >= 11 is 3.55. The third-order valence-corrected chi connectivity index (χ3v) is 4.87. The predicted octanol–water partition coefficient (Wildman–Crippen LogP) is 1.97. The number of anilines is 2. The van der Waals surface area contributed by atoms with Crippen molar-refractivity contribution in [3.63, 3.8) is 0 Å². The molecule has 1 aromatic rings. The summed E-state index contributed by atoms with van der Waals surface area (Å²) in [5.41, 5.74) is 2.59. The van der Waals surface area contributed by atoms with Gasteiger partial charge in [-0.2, -0.15) is 0 Å². The van der Waals surface area contributed by atoms with Gasteiger partial charge < -0.3 is 20.4 Å². The molecule has 20 heavy (non-hydrogen) atoms. The van der Waals surface area contributed by atoms with Crippen molar-refractivity contribution in [3.05, 3.63) is 22.7 Å². The Hall–Kier alpha value is -0.780. The van der Waals surface area contributed by atoms with Crippen LogP contribution in [0, 0.1) is 0 Å². The molecule has 2 heterocycles. The third-order valence-electron chi connectivity index (χ3n) is 4.37. The lowest BCUT2D eigenvalue weighted by Crippen LogP contribution is -2.50. The number of piperazine rings is 1. The Labute approximate surface area is 129 Å². The fourth-order valence-electron chi connectivity index (χ4n) is 3.09. The fraction of sp³-hybridized carbons (Fsp3) is 0.600. The molecule has 0 aliphatic carbocycles. The molecule has 4 nitrogen and oxygen atoms in total. The first-order valence-electron chi connectivity index (χ1n) is 7.43. The van der Waals surface area contributed by atoms with Crippen molar-refractivity contribution < 1.29 is 0 Å². The SMILES string of the molecule is CN1CCNCC1CCN1CCNc2cc(Br)ccc21. The highest BCUT2D eigenvalue weighted by molar-refractivity contribution is 9.10. The number of halogens is 1. The van der Waals surface area contributed by atoms with Crippen LogP contribution >= 0.6 is 15.9 Å². The van der Waals surface area contributed by atoms with Crippen molar-refractivity contribution in [2.24, 2.45) is 0 Å². The van der Waals surface area contributed by atoms with Crippen LogP contribution in [-0.2, 0) is 0 Å². The first-order chi connectivity index (χ1) is 9.74. The Kier molecular flexibility index (Phi) is 4.48. The number of hydrogen-bond acceptors (Lipinski definition) is 4. The van der Waals surface area contributed by atoms with Gasteiger partial charge >= 0.3 is 0 Å². The summed E-state index contributed by atoms with van der Waals surface area (Å²) in [5, 5.41) is 6.99. The molecule has 0 saturated carbocycles. The van der Waals surface area contributed by atoms with Gasteiger partial charge in [-0.15, -0.1) is 0 Å². The molecule has 0 amide bonds. The van der Waals surface area contributed by atoms with Crippen molar-refractivity contribution >= 4 is 27.3 Å². The monoisotopic (exact) mass is 338 g/mol. The van der Waals surface area contributed by atoms with E-state index in [1.807, 2.05) is 0 Å². The Bertz CT molecular complexity index is 465. The Balaban J connectivity index is 1.64. The van der Waals surface area contributed by atoms with Gasteiger partial charge in [-0.3, -0.25) is 0 Å². The molecule has 110 valence electrons. The van der Waals surface area contributed by atoms with E-state index in [1.165, 1.54) is 17.8 Å². The summed E-state index contributed by atoms with van der Waals surface area (Å²) in [6.07, 6.45) is 1.22. The highest BCUT2D eigenvalue weighted by atomic mass is 79.9. The van der Waals surface area contributed by atoms with Gasteiger partial charge in [-0.1, -0.05) is 15.9 Å². The summed E-state index contributed by atoms with van der Waals surface area (Å²) in [5.74, 6) is 0. The average Bonchev–Trinajstić information content (AvgIpc) is 2.46. The van der Waals surface area contributed by atoms with Crippen LogP contribution in [0.2, 0.25) is 0 Å². The maximum Gasteiger partial charge on any atom is 0.0603 e. The molecule has 1 fully saturated rings. The molecule has 2 aliphatic heterocycles. The Morgan fingerprint density at radius 1 is 1.30 bits per heavy atom. The zero-order valence-corrected chi connectivity index (χ0v) is 13.6. The predicted molar refractivity (Wildman–Crippen MR) is 88.7 cm³/mol. The fourth-order valence-corrected chi connectivity index (χ4v) is 3.45. The van der Waals surface area contributed by atoms with E-state index in [-0.39, 0.29) is 0 Å². The molecule has 5 heteroatoms. The molecule has 0 aromatic heterocycles. The molecule has 1 saturated heterocycles. The van der Waals surface area contributed by atoms with Gasteiger partial charge in [-0.05, 0) is 31.7 Å². The maximum atomic E-state index is 3.55. The van der Waals surface area contributed by atoms with E-state index >= 15 is 0 Å². The molecular weight excluding hydrogens is 316 g/mol. The standard InChI is InChI=1S/C15H23BrN4/c1-19-8-5-17-11-13(19)4-7-20-9-6-18-14-10-12(16)2-3-15(14)20/h2-3,10,13,17-18H,4-9,11H2,1H3. The summed E-state index contributed by atoms with van der Waals surface area (Å²) in [6, 6.07) is 7.19. The summed E-state index contributed by atoms with van der Waals surface area (Å²) in [4.78, 5) is 5.00. The topological polar surface area (TPSA) is 30.5 Å². The molecule has 1 atom stereocenters. The van der Waals surface area contributed by atoms with E-state index in [4.69, 9.17) is 0 Å². The second kappa shape index (κ2) is 6.33.